The van der Waals surface area contributed by atoms with E-state index in [4.69, 9.17) is 0 Å². The lowest BCUT2D eigenvalue weighted by Gasteiger charge is -2.35. The fourth-order valence-electron chi connectivity index (χ4n) is 5.64. The van der Waals surface area contributed by atoms with Crippen molar-refractivity contribution in [3.05, 3.63) is 40.8 Å². The number of benzene rings is 1. The Hall–Kier alpha value is -2.51. The average Bonchev–Trinajstić information content (AvgIpc) is 3.24. The van der Waals surface area contributed by atoms with E-state index < -0.39 is 6.10 Å². The summed E-state index contributed by atoms with van der Waals surface area (Å²) in [4.78, 5) is 20.9. The van der Waals surface area contributed by atoms with Gasteiger partial charge in [0.25, 0.3) is 0 Å². The van der Waals surface area contributed by atoms with Crippen molar-refractivity contribution < 1.29 is 9.90 Å². The number of carbonyl (C=O) groups excluding carboxylic acids is 1. The number of rotatable bonds is 3. The first-order chi connectivity index (χ1) is 14.5. The van der Waals surface area contributed by atoms with Gasteiger partial charge in [-0.15, -0.1) is 0 Å². The zero-order chi connectivity index (χ0) is 20.9. The van der Waals surface area contributed by atoms with Crippen LogP contribution < -0.4 is 16.0 Å². The van der Waals surface area contributed by atoms with Crippen LogP contribution in [-0.2, 0) is 16.8 Å². The Labute approximate surface area is 176 Å². The number of amides is 1. The van der Waals surface area contributed by atoms with Gasteiger partial charge < -0.3 is 21.1 Å². The summed E-state index contributed by atoms with van der Waals surface area (Å²) in [6, 6.07) is 4.27. The van der Waals surface area contributed by atoms with Crippen molar-refractivity contribution in [3.63, 3.8) is 0 Å². The molecule has 3 aliphatic rings. The SMILES string of the molecule is CC(=O)NCc1c(-c2ncnc3c2C(C)C[C@H]3O)ccc2c1C1(CCNCC1)CN2. The van der Waals surface area contributed by atoms with E-state index in [-0.39, 0.29) is 17.2 Å². The van der Waals surface area contributed by atoms with Crippen LogP contribution in [0, 0.1) is 0 Å². The van der Waals surface area contributed by atoms with Gasteiger partial charge in [0, 0.05) is 42.2 Å². The molecule has 1 aromatic carbocycles. The number of anilines is 1. The van der Waals surface area contributed by atoms with E-state index in [1.807, 2.05) is 0 Å². The van der Waals surface area contributed by atoms with E-state index in [0.717, 1.165) is 60.6 Å². The summed E-state index contributed by atoms with van der Waals surface area (Å²) in [6.45, 7) is 7.08. The predicted molar refractivity (Wildman–Crippen MR) is 115 cm³/mol. The summed E-state index contributed by atoms with van der Waals surface area (Å²) in [5.41, 5.74) is 7.43. The molecule has 2 aliphatic heterocycles. The van der Waals surface area contributed by atoms with Crippen molar-refractivity contribution in [2.24, 2.45) is 0 Å². The molecule has 0 bridgehead atoms. The van der Waals surface area contributed by atoms with Gasteiger partial charge in [-0.1, -0.05) is 13.0 Å². The molecule has 3 heterocycles. The Morgan fingerprint density at radius 1 is 1.30 bits per heavy atom. The quantitative estimate of drug-likeness (QED) is 0.624. The summed E-state index contributed by atoms with van der Waals surface area (Å²) in [6.07, 6.45) is 3.83. The normalized spacial score (nSPS) is 23.7. The summed E-state index contributed by atoms with van der Waals surface area (Å²) in [7, 11) is 0. The van der Waals surface area contributed by atoms with Crippen molar-refractivity contribution in [2.75, 3.05) is 25.0 Å². The van der Waals surface area contributed by atoms with Gasteiger partial charge in [-0.25, -0.2) is 9.97 Å². The number of hydrogen-bond donors (Lipinski definition) is 4. The fourth-order valence-corrected chi connectivity index (χ4v) is 5.64. The Balaban J connectivity index is 1.71. The zero-order valence-corrected chi connectivity index (χ0v) is 17.6. The summed E-state index contributed by atoms with van der Waals surface area (Å²) in [5, 5.41) is 20.6. The molecule has 1 amide bonds. The van der Waals surface area contributed by atoms with Gasteiger partial charge in [0.2, 0.25) is 5.91 Å². The van der Waals surface area contributed by atoms with Crippen LogP contribution >= 0.6 is 0 Å². The first-order valence-electron chi connectivity index (χ1n) is 10.9. The molecule has 2 atom stereocenters. The van der Waals surface area contributed by atoms with Crippen LogP contribution in [0.5, 0.6) is 0 Å². The Bertz CT molecular complexity index is 994. The van der Waals surface area contributed by atoms with Crippen LogP contribution in [0.1, 0.15) is 67.5 Å². The highest BCUT2D eigenvalue weighted by Gasteiger charge is 2.42. The smallest absolute Gasteiger partial charge is 0.217 e. The number of hydrogen-bond acceptors (Lipinski definition) is 6. The Morgan fingerprint density at radius 3 is 2.87 bits per heavy atom. The molecular formula is C23H29N5O2. The number of piperidine rings is 1. The van der Waals surface area contributed by atoms with E-state index >= 15 is 0 Å². The van der Waals surface area contributed by atoms with Gasteiger partial charge in [-0.2, -0.15) is 0 Å². The molecule has 4 N–H and O–H groups in total. The second kappa shape index (κ2) is 7.32. The van der Waals surface area contributed by atoms with Crippen molar-refractivity contribution >= 4 is 11.6 Å². The first kappa shape index (κ1) is 19.5. The standard InChI is InChI=1S/C23H29N5O2/c1-13-9-18(30)22-19(13)21(27-12-28-22)15-3-4-17-20(16(15)10-25-14(2)29)23(11-26-17)5-7-24-8-6-23/h3-4,12-13,18,24,26,30H,5-11H2,1-2H3,(H,25,29)/t13?,18-/m1/s1. The molecule has 30 heavy (non-hydrogen) atoms. The van der Waals surface area contributed by atoms with E-state index in [2.05, 4.69) is 45.0 Å². The maximum absolute atomic E-state index is 11.8. The molecule has 0 saturated carbocycles. The Kier molecular flexibility index (Phi) is 4.75. The number of nitrogens with one attached hydrogen (secondary N) is 3. The molecule has 1 unspecified atom stereocenters. The lowest BCUT2D eigenvalue weighted by atomic mass is 9.72. The van der Waals surface area contributed by atoms with Gasteiger partial charge >= 0.3 is 0 Å². The molecule has 1 spiro atoms. The highest BCUT2D eigenvalue weighted by Crippen LogP contribution is 2.49. The van der Waals surface area contributed by atoms with E-state index in [9.17, 15) is 9.90 Å². The molecule has 1 saturated heterocycles. The van der Waals surface area contributed by atoms with Gasteiger partial charge in [0.1, 0.15) is 6.33 Å². The molecule has 2 aromatic rings. The number of carbonyl (C=O) groups is 1. The van der Waals surface area contributed by atoms with Crippen LogP contribution in [-0.4, -0.2) is 40.6 Å². The first-order valence-corrected chi connectivity index (χ1v) is 10.9. The van der Waals surface area contributed by atoms with Gasteiger partial charge in [-0.3, -0.25) is 4.79 Å². The minimum atomic E-state index is -0.539. The van der Waals surface area contributed by atoms with Gasteiger partial charge in [0.15, 0.2) is 0 Å². The number of aliphatic hydroxyl groups excluding tert-OH is 1. The lowest BCUT2D eigenvalue weighted by molar-refractivity contribution is -0.119. The summed E-state index contributed by atoms with van der Waals surface area (Å²) >= 11 is 0. The van der Waals surface area contributed by atoms with E-state index in [1.54, 1.807) is 13.3 Å². The average molecular weight is 408 g/mol. The molecule has 5 rings (SSSR count). The highest BCUT2D eigenvalue weighted by atomic mass is 16.3. The van der Waals surface area contributed by atoms with E-state index in [0.29, 0.717) is 13.0 Å². The van der Waals surface area contributed by atoms with Crippen LogP contribution in [0.25, 0.3) is 11.3 Å². The second-order valence-corrected chi connectivity index (χ2v) is 8.98. The zero-order valence-electron chi connectivity index (χ0n) is 17.6. The lowest BCUT2D eigenvalue weighted by Crippen LogP contribution is -2.42. The third kappa shape index (κ3) is 2.99. The number of aliphatic hydroxyl groups is 1. The third-order valence-electron chi connectivity index (χ3n) is 7.09. The minimum absolute atomic E-state index is 0.0411. The van der Waals surface area contributed by atoms with Crippen molar-refractivity contribution in [1.29, 1.82) is 0 Å². The predicted octanol–water partition coefficient (Wildman–Crippen LogP) is 2.37. The van der Waals surface area contributed by atoms with Crippen LogP contribution in [0.2, 0.25) is 0 Å². The van der Waals surface area contributed by atoms with E-state index in [1.165, 1.54) is 11.3 Å². The largest absolute Gasteiger partial charge is 0.387 e. The molecule has 1 aromatic heterocycles. The van der Waals surface area contributed by atoms with Crippen molar-refractivity contribution in [2.45, 2.75) is 57.1 Å². The highest BCUT2D eigenvalue weighted by molar-refractivity contribution is 5.79. The number of fused-ring (bicyclic) bond motifs is 3. The molecule has 0 radical (unpaired) electrons. The summed E-state index contributed by atoms with van der Waals surface area (Å²) < 4.78 is 0. The van der Waals surface area contributed by atoms with Gasteiger partial charge in [-0.05, 0) is 55.5 Å². The topological polar surface area (TPSA) is 99.2 Å². The van der Waals surface area contributed by atoms with Crippen molar-refractivity contribution in [3.8, 4) is 11.3 Å². The molecule has 7 heteroatoms. The number of aromatic nitrogens is 2. The van der Waals surface area contributed by atoms with Crippen LogP contribution in [0.3, 0.4) is 0 Å². The fraction of sp³-hybridized carbons (Fsp3) is 0.522. The second-order valence-electron chi connectivity index (χ2n) is 8.98. The minimum Gasteiger partial charge on any atom is -0.387 e. The maximum Gasteiger partial charge on any atom is 0.217 e. The van der Waals surface area contributed by atoms with Gasteiger partial charge in [0.05, 0.1) is 17.5 Å². The third-order valence-corrected chi connectivity index (χ3v) is 7.09. The van der Waals surface area contributed by atoms with Crippen LogP contribution in [0.15, 0.2) is 18.5 Å². The molecule has 158 valence electrons. The van der Waals surface area contributed by atoms with Crippen molar-refractivity contribution in [1.82, 2.24) is 20.6 Å². The molecular weight excluding hydrogens is 378 g/mol. The monoisotopic (exact) mass is 407 g/mol. The maximum atomic E-state index is 11.8. The van der Waals surface area contributed by atoms with Crippen LogP contribution in [0.4, 0.5) is 5.69 Å². The number of nitrogens with zero attached hydrogens (tertiary/aromatic N) is 2. The molecule has 7 nitrogen and oxygen atoms in total. The summed E-state index contributed by atoms with van der Waals surface area (Å²) in [5.74, 6) is 0.152. The Morgan fingerprint density at radius 2 is 2.10 bits per heavy atom. The molecule has 1 fully saturated rings. The molecule has 1 aliphatic carbocycles.